The molecule has 0 aliphatic rings. The molecule has 150 valence electrons. The van der Waals surface area contributed by atoms with E-state index in [2.05, 4.69) is 21.2 Å². The Hall–Kier alpha value is -3.50. The van der Waals surface area contributed by atoms with E-state index in [1.165, 1.54) is 30.3 Å². The van der Waals surface area contributed by atoms with Crippen LogP contribution in [0, 0.1) is 23.0 Å². The van der Waals surface area contributed by atoms with Crippen molar-refractivity contribution in [1.29, 1.82) is 5.26 Å². The van der Waals surface area contributed by atoms with Crippen LogP contribution in [0.15, 0.2) is 76.8 Å². The first kappa shape index (κ1) is 21.2. The fraction of sp³-hybridized carbons (Fsp3) is 0.0435. The van der Waals surface area contributed by atoms with Gasteiger partial charge in [0.05, 0.1) is 10.2 Å². The monoisotopic (exact) mass is 468 g/mol. The predicted molar refractivity (Wildman–Crippen MR) is 113 cm³/mol. The largest absolute Gasteiger partial charge is 0.488 e. The predicted octanol–water partition coefficient (Wildman–Crippen LogP) is 5.85. The van der Waals surface area contributed by atoms with Gasteiger partial charge in [-0.05, 0) is 57.9 Å². The number of hydrogen-bond acceptors (Lipinski definition) is 3. The normalized spacial score (nSPS) is 10.9. The molecule has 4 nitrogen and oxygen atoms in total. The highest BCUT2D eigenvalue weighted by Crippen LogP contribution is 2.28. The lowest BCUT2D eigenvalue weighted by Gasteiger charge is -2.10. The van der Waals surface area contributed by atoms with Gasteiger partial charge in [-0.15, -0.1) is 0 Å². The number of amides is 1. The molecule has 1 N–H and O–H groups in total. The van der Waals surface area contributed by atoms with Gasteiger partial charge < -0.3 is 10.1 Å². The number of carbonyl (C=O) groups excluding carboxylic acids is 1. The molecule has 3 aromatic carbocycles. The maximum atomic E-state index is 13.7. The number of nitriles is 1. The van der Waals surface area contributed by atoms with E-state index >= 15 is 0 Å². The van der Waals surface area contributed by atoms with Gasteiger partial charge in [0.15, 0.2) is 0 Å². The van der Waals surface area contributed by atoms with Crippen molar-refractivity contribution in [3.8, 4) is 11.8 Å². The summed E-state index contributed by atoms with van der Waals surface area (Å²) in [6.07, 6.45) is 1.38. The van der Waals surface area contributed by atoms with Crippen molar-refractivity contribution < 1.29 is 18.3 Å². The number of nitrogens with one attached hydrogen (secondary N) is 1. The zero-order chi connectivity index (χ0) is 21.5. The van der Waals surface area contributed by atoms with Crippen LogP contribution >= 0.6 is 15.9 Å². The van der Waals surface area contributed by atoms with Crippen LogP contribution in [0.4, 0.5) is 14.5 Å². The van der Waals surface area contributed by atoms with E-state index in [0.29, 0.717) is 21.3 Å². The topological polar surface area (TPSA) is 62.1 Å². The minimum atomic E-state index is -0.724. The average Bonchev–Trinajstić information content (AvgIpc) is 2.74. The summed E-state index contributed by atoms with van der Waals surface area (Å²) in [4.78, 5) is 12.3. The maximum Gasteiger partial charge on any atom is 0.266 e. The van der Waals surface area contributed by atoms with Crippen molar-refractivity contribution in [3.63, 3.8) is 0 Å². The Bertz CT molecular complexity index is 1160. The molecule has 0 unspecified atom stereocenters. The Morgan fingerprint density at radius 3 is 2.43 bits per heavy atom. The molecular formula is C23H15BrF2N2O2. The Morgan fingerprint density at radius 1 is 1.07 bits per heavy atom. The summed E-state index contributed by atoms with van der Waals surface area (Å²) in [5.74, 6) is -1.20. The fourth-order valence-corrected chi connectivity index (χ4v) is 3.07. The molecular weight excluding hydrogens is 454 g/mol. The van der Waals surface area contributed by atoms with E-state index in [1.54, 1.807) is 42.5 Å². The number of para-hydroxylation sites is 1. The summed E-state index contributed by atoms with van der Waals surface area (Å²) in [6, 6.07) is 18.8. The van der Waals surface area contributed by atoms with Crippen molar-refractivity contribution in [2.24, 2.45) is 0 Å². The van der Waals surface area contributed by atoms with E-state index in [-0.39, 0.29) is 23.7 Å². The summed E-state index contributed by atoms with van der Waals surface area (Å²) >= 11 is 3.37. The number of nitrogens with zero attached hydrogens (tertiary/aromatic N) is 1. The molecule has 1 amide bonds. The maximum absolute atomic E-state index is 13.7. The molecule has 0 atom stereocenters. The van der Waals surface area contributed by atoms with Crippen LogP contribution in [0.3, 0.4) is 0 Å². The van der Waals surface area contributed by atoms with Gasteiger partial charge in [-0.25, -0.2) is 8.78 Å². The summed E-state index contributed by atoms with van der Waals surface area (Å²) in [5, 5.41) is 11.7. The number of benzene rings is 3. The number of anilines is 1. The first-order chi connectivity index (χ1) is 14.5. The van der Waals surface area contributed by atoms with Gasteiger partial charge in [0.25, 0.3) is 5.91 Å². The van der Waals surface area contributed by atoms with Gasteiger partial charge in [0.2, 0.25) is 0 Å². The van der Waals surface area contributed by atoms with Crippen LogP contribution in [-0.2, 0) is 11.4 Å². The van der Waals surface area contributed by atoms with E-state index in [9.17, 15) is 18.8 Å². The first-order valence-electron chi connectivity index (χ1n) is 8.81. The molecule has 7 heteroatoms. The second-order valence-corrected chi connectivity index (χ2v) is 7.03. The van der Waals surface area contributed by atoms with E-state index in [0.717, 1.165) is 0 Å². The standard InChI is InChI=1S/C23H15BrF2N2O2/c24-18-12-15(9-10-22(18)30-14-16-5-1-2-6-19(16)25)11-17(13-27)23(29)28-21-8-4-3-7-20(21)26/h1-12H,14H2,(H,28,29)/b17-11-. The highest BCUT2D eigenvalue weighted by atomic mass is 79.9. The molecule has 0 saturated heterocycles. The van der Waals surface area contributed by atoms with Crippen molar-refractivity contribution in [2.45, 2.75) is 6.61 Å². The first-order valence-corrected chi connectivity index (χ1v) is 9.60. The molecule has 0 bridgehead atoms. The molecule has 0 aliphatic heterocycles. The minimum Gasteiger partial charge on any atom is -0.488 e. The number of hydrogen-bond donors (Lipinski definition) is 1. The minimum absolute atomic E-state index is 0.0123. The van der Waals surface area contributed by atoms with Gasteiger partial charge in [-0.1, -0.05) is 36.4 Å². The molecule has 0 heterocycles. The zero-order valence-electron chi connectivity index (χ0n) is 15.5. The molecule has 0 saturated carbocycles. The summed E-state index contributed by atoms with van der Waals surface area (Å²) in [5.41, 5.74) is 0.775. The Morgan fingerprint density at radius 2 is 1.77 bits per heavy atom. The van der Waals surface area contributed by atoms with Crippen molar-refractivity contribution in [2.75, 3.05) is 5.32 Å². The van der Waals surface area contributed by atoms with E-state index in [1.807, 2.05) is 6.07 Å². The number of rotatable bonds is 6. The van der Waals surface area contributed by atoms with Crippen LogP contribution in [0.25, 0.3) is 6.08 Å². The SMILES string of the molecule is N#C/C(=C/c1ccc(OCc2ccccc2F)c(Br)c1)C(=O)Nc1ccccc1F. The number of halogens is 3. The smallest absolute Gasteiger partial charge is 0.266 e. The summed E-state index contributed by atoms with van der Waals surface area (Å²) in [7, 11) is 0. The fourth-order valence-electron chi connectivity index (χ4n) is 2.56. The highest BCUT2D eigenvalue weighted by molar-refractivity contribution is 9.10. The lowest BCUT2D eigenvalue weighted by molar-refractivity contribution is -0.112. The van der Waals surface area contributed by atoms with Crippen LogP contribution in [-0.4, -0.2) is 5.91 Å². The van der Waals surface area contributed by atoms with Crippen LogP contribution in [0.5, 0.6) is 5.75 Å². The van der Waals surface area contributed by atoms with Gasteiger partial charge in [0.1, 0.15) is 35.6 Å². The van der Waals surface area contributed by atoms with Crippen LogP contribution < -0.4 is 10.1 Å². The zero-order valence-corrected chi connectivity index (χ0v) is 17.1. The molecule has 0 aromatic heterocycles. The lowest BCUT2D eigenvalue weighted by Crippen LogP contribution is -2.14. The second-order valence-electron chi connectivity index (χ2n) is 6.17. The quantitative estimate of drug-likeness (QED) is 0.364. The Kier molecular flexibility index (Phi) is 6.94. The lowest BCUT2D eigenvalue weighted by atomic mass is 10.1. The molecule has 0 fully saturated rings. The van der Waals surface area contributed by atoms with Crippen molar-refractivity contribution >= 4 is 33.6 Å². The third kappa shape index (κ3) is 5.31. The third-order valence-corrected chi connectivity index (χ3v) is 4.71. The van der Waals surface area contributed by atoms with Crippen molar-refractivity contribution in [1.82, 2.24) is 0 Å². The van der Waals surface area contributed by atoms with Crippen LogP contribution in [0.1, 0.15) is 11.1 Å². The molecule has 0 spiro atoms. The summed E-state index contributed by atoms with van der Waals surface area (Å²) < 4.78 is 33.6. The second kappa shape index (κ2) is 9.81. The van der Waals surface area contributed by atoms with E-state index < -0.39 is 11.7 Å². The molecule has 30 heavy (non-hydrogen) atoms. The Balaban J connectivity index is 1.73. The van der Waals surface area contributed by atoms with E-state index in [4.69, 9.17) is 4.74 Å². The Labute approximate surface area is 180 Å². The highest BCUT2D eigenvalue weighted by Gasteiger charge is 2.12. The van der Waals surface area contributed by atoms with Crippen molar-refractivity contribution in [3.05, 3.63) is 99.5 Å². The molecule has 3 rings (SSSR count). The molecule has 0 radical (unpaired) electrons. The number of ether oxygens (including phenoxy) is 1. The molecule has 3 aromatic rings. The third-order valence-electron chi connectivity index (χ3n) is 4.10. The van der Waals surface area contributed by atoms with Crippen LogP contribution in [0.2, 0.25) is 0 Å². The van der Waals surface area contributed by atoms with Gasteiger partial charge >= 0.3 is 0 Å². The summed E-state index contributed by atoms with van der Waals surface area (Å²) in [6.45, 7) is 0.0505. The van der Waals surface area contributed by atoms with Gasteiger partial charge in [0, 0.05) is 5.56 Å². The van der Waals surface area contributed by atoms with Gasteiger partial charge in [-0.3, -0.25) is 4.79 Å². The van der Waals surface area contributed by atoms with Gasteiger partial charge in [-0.2, -0.15) is 5.26 Å². The average molecular weight is 469 g/mol. The molecule has 0 aliphatic carbocycles. The number of carbonyl (C=O) groups is 1.